The Kier molecular flexibility index (Phi) is 5.99. The van der Waals surface area contributed by atoms with E-state index in [4.69, 9.17) is 4.74 Å². The van der Waals surface area contributed by atoms with E-state index >= 15 is 0 Å². The van der Waals surface area contributed by atoms with Crippen molar-refractivity contribution in [3.05, 3.63) is 57.4 Å². The van der Waals surface area contributed by atoms with Crippen molar-refractivity contribution >= 4 is 46.5 Å². The standard InChI is InChI=1S/C19H21IN2O2/c1-19(2,3)24-18(23)22(4)16-11-8-14(9-12-16)7-10-15-6-5-13-21-17(15)20/h5-13H,1-4H3/b10-7+. The van der Waals surface area contributed by atoms with Crippen molar-refractivity contribution in [2.45, 2.75) is 26.4 Å². The molecule has 0 bridgehead atoms. The highest BCUT2D eigenvalue weighted by Gasteiger charge is 2.20. The Bertz CT molecular complexity index is 734. The van der Waals surface area contributed by atoms with Crippen LogP contribution >= 0.6 is 22.6 Å². The molecule has 4 nitrogen and oxygen atoms in total. The SMILES string of the molecule is CN(C(=O)OC(C)(C)C)c1ccc(/C=C/c2cccnc2I)cc1. The highest BCUT2D eigenvalue weighted by molar-refractivity contribution is 14.1. The second-order valence-electron chi connectivity index (χ2n) is 6.35. The number of amides is 1. The molecule has 1 heterocycles. The molecule has 0 saturated carbocycles. The normalized spacial score (nSPS) is 11.5. The van der Waals surface area contributed by atoms with Crippen LogP contribution < -0.4 is 4.90 Å². The molecule has 24 heavy (non-hydrogen) atoms. The number of carbonyl (C=O) groups excluding carboxylic acids is 1. The van der Waals surface area contributed by atoms with Crippen molar-refractivity contribution in [1.29, 1.82) is 0 Å². The summed E-state index contributed by atoms with van der Waals surface area (Å²) in [7, 11) is 1.71. The molecule has 0 aliphatic rings. The van der Waals surface area contributed by atoms with E-state index in [0.717, 1.165) is 20.5 Å². The number of halogens is 1. The van der Waals surface area contributed by atoms with Crippen LogP contribution in [0.5, 0.6) is 0 Å². The summed E-state index contributed by atoms with van der Waals surface area (Å²) in [6.45, 7) is 5.56. The molecule has 0 N–H and O–H groups in total. The van der Waals surface area contributed by atoms with E-state index in [2.05, 4.69) is 27.6 Å². The first kappa shape index (κ1) is 18.4. The van der Waals surface area contributed by atoms with Crippen LogP contribution in [0.4, 0.5) is 10.5 Å². The lowest BCUT2D eigenvalue weighted by Crippen LogP contribution is -2.34. The van der Waals surface area contributed by atoms with E-state index in [1.807, 2.05) is 69.3 Å². The number of anilines is 1. The lowest BCUT2D eigenvalue weighted by atomic mass is 10.1. The molecular formula is C19H21IN2O2. The Morgan fingerprint density at radius 2 is 1.83 bits per heavy atom. The summed E-state index contributed by atoms with van der Waals surface area (Å²) in [5, 5.41) is 0. The van der Waals surface area contributed by atoms with Gasteiger partial charge in [0.05, 0.1) is 0 Å². The van der Waals surface area contributed by atoms with Crippen LogP contribution in [0.25, 0.3) is 12.2 Å². The number of pyridine rings is 1. The number of rotatable bonds is 3. The first-order valence-corrected chi connectivity index (χ1v) is 8.69. The lowest BCUT2D eigenvalue weighted by molar-refractivity contribution is 0.0589. The van der Waals surface area contributed by atoms with E-state index in [1.165, 1.54) is 4.90 Å². The summed E-state index contributed by atoms with van der Waals surface area (Å²) in [5.41, 5.74) is 2.41. The van der Waals surface area contributed by atoms with Gasteiger partial charge in [0.1, 0.15) is 9.30 Å². The van der Waals surface area contributed by atoms with Crippen LogP contribution in [-0.4, -0.2) is 23.7 Å². The molecule has 0 aliphatic heterocycles. The first-order valence-electron chi connectivity index (χ1n) is 7.61. The van der Waals surface area contributed by atoms with Gasteiger partial charge in [0.2, 0.25) is 0 Å². The smallest absolute Gasteiger partial charge is 0.414 e. The van der Waals surface area contributed by atoms with Crippen LogP contribution in [0.15, 0.2) is 42.6 Å². The predicted octanol–water partition coefficient (Wildman–Crippen LogP) is 5.23. The number of hydrogen-bond donors (Lipinski definition) is 0. The Hall–Kier alpha value is -1.89. The lowest BCUT2D eigenvalue weighted by Gasteiger charge is -2.24. The zero-order valence-corrected chi connectivity index (χ0v) is 16.4. The van der Waals surface area contributed by atoms with Gasteiger partial charge in [-0.25, -0.2) is 9.78 Å². The second kappa shape index (κ2) is 7.79. The summed E-state index contributed by atoms with van der Waals surface area (Å²) >= 11 is 2.21. The molecule has 126 valence electrons. The molecule has 0 atom stereocenters. The average molecular weight is 436 g/mol. The Labute approximate surface area is 156 Å². The maximum Gasteiger partial charge on any atom is 0.414 e. The number of hydrogen-bond acceptors (Lipinski definition) is 3. The summed E-state index contributed by atoms with van der Waals surface area (Å²) < 4.78 is 6.33. The molecule has 5 heteroatoms. The molecule has 2 aromatic rings. The van der Waals surface area contributed by atoms with Gasteiger partial charge < -0.3 is 4.74 Å². The molecule has 0 unspecified atom stereocenters. The van der Waals surface area contributed by atoms with Gasteiger partial charge in [-0.2, -0.15) is 0 Å². The van der Waals surface area contributed by atoms with Crippen LogP contribution in [0.1, 0.15) is 31.9 Å². The number of ether oxygens (including phenoxy) is 1. The van der Waals surface area contributed by atoms with Crippen LogP contribution in [0, 0.1) is 3.70 Å². The van der Waals surface area contributed by atoms with Crippen molar-refractivity contribution in [3.63, 3.8) is 0 Å². The van der Waals surface area contributed by atoms with Gasteiger partial charge in [-0.3, -0.25) is 4.90 Å². The highest BCUT2D eigenvalue weighted by Crippen LogP contribution is 2.19. The van der Waals surface area contributed by atoms with Crippen LogP contribution in [0.3, 0.4) is 0 Å². The number of benzene rings is 1. The number of aromatic nitrogens is 1. The Morgan fingerprint density at radius 3 is 2.42 bits per heavy atom. The van der Waals surface area contributed by atoms with Crippen molar-refractivity contribution in [2.75, 3.05) is 11.9 Å². The minimum atomic E-state index is -0.505. The molecule has 0 radical (unpaired) electrons. The molecule has 0 fully saturated rings. The molecule has 1 aromatic carbocycles. The topological polar surface area (TPSA) is 42.4 Å². The summed E-state index contributed by atoms with van der Waals surface area (Å²) in [6, 6.07) is 11.7. The van der Waals surface area contributed by atoms with Crippen molar-refractivity contribution in [1.82, 2.24) is 4.98 Å². The van der Waals surface area contributed by atoms with Gasteiger partial charge in [0.25, 0.3) is 0 Å². The van der Waals surface area contributed by atoms with Gasteiger partial charge in [0, 0.05) is 24.5 Å². The van der Waals surface area contributed by atoms with Crippen molar-refractivity contribution in [3.8, 4) is 0 Å². The molecular weight excluding hydrogens is 415 g/mol. The number of nitrogens with zero attached hydrogens (tertiary/aromatic N) is 2. The monoisotopic (exact) mass is 436 g/mol. The minimum Gasteiger partial charge on any atom is -0.443 e. The Balaban J connectivity index is 2.08. The quantitative estimate of drug-likeness (QED) is 0.489. The number of carbonyl (C=O) groups is 1. The van der Waals surface area contributed by atoms with Gasteiger partial charge in [-0.1, -0.05) is 30.4 Å². The van der Waals surface area contributed by atoms with Crippen LogP contribution in [0.2, 0.25) is 0 Å². The molecule has 0 aliphatic carbocycles. The van der Waals surface area contributed by atoms with E-state index in [9.17, 15) is 4.79 Å². The maximum absolute atomic E-state index is 12.1. The summed E-state index contributed by atoms with van der Waals surface area (Å²) in [4.78, 5) is 17.8. The third-order valence-electron chi connectivity index (χ3n) is 3.19. The van der Waals surface area contributed by atoms with E-state index < -0.39 is 5.60 Å². The zero-order valence-electron chi connectivity index (χ0n) is 14.3. The Morgan fingerprint density at radius 1 is 1.17 bits per heavy atom. The van der Waals surface area contributed by atoms with Gasteiger partial charge in [-0.15, -0.1) is 0 Å². The van der Waals surface area contributed by atoms with E-state index in [1.54, 1.807) is 13.2 Å². The first-order chi connectivity index (χ1) is 11.3. The second-order valence-corrected chi connectivity index (χ2v) is 7.37. The van der Waals surface area contributed by atoms with Gasteiger partial charge >= 0.3 is 6.09 Å². The summed E-state index contributed by atoms with van der Waals surface area (Å²) in [6.07, 6.45) is 5.47. The molecule has 2 rings (SSSR count). The van der Waals surface area contributed by atoms with E-state index in [0.29, 0.717) is 0 Å². The van der Waals surface area contributed by atoms with Crippen molar-refractivity contribution in [2.24, 2.45) is 0 Å². The minimum absolute atomic E-state index is 0.365. The van der Waals surface area contributed by atoms with Gasteiger partial charge in [-0.05, 0) is 67.1 Å². The van der Waals surface area contributed by atoms with Crippen LogP contribution in [-0.2, 0) is 4.74 Å². The van der Waals surface area contributed by atoms with Gasteiger partial charge in [0.15, 0.2) is 0 Å². The highest BCUT2D eigenvalue weighted by atomic mass is 127. The van der Waals surface area contributed by atoms with Crippen molar-refractivity contribution < 1.29 is 9.53 Å². The fraction of sp³-hybridized carbons (Fsp3) is 0.263. The largest absolute Gasteiger partial charge is 0.443 e. The summed E-state index contributed by atoms with van der Waals surface area (Å²) in [5.74, 6) is 0. The average Bonchev–Trinajstić information content (AvgIpc) is 2.52. The fourth-order valence-electron chi connectivity index (χ4n) is 1.95. The third-order valence-corrected chi connectivity index (χ3v) is 4.09. The fourth-order valence-corrected chi connectivity index (χ4v) is 2.47. The molecule has 0 spiro atoms. The molecule has 1 aromatic heterocycles. The predicted molar refractivity (Wildman–Crippen MR) is 107 cm³/mol. The van der Waals surface area contributed by atoms with E-state index in [-0.39, 0.29) is 6.09 Å². The zero-order chi connectivity index (χ0) is 17.7. The molecule has 1 amide bonds. The third kappa shape index (κ3) is 5.33. The maximum atomic E-state index is 12.1. The molecule has 0 saturated heterocycles.